The molecule has 8 atom stereocenters. The van der Waals surface area contributed by atoms with Gasteiger partial charge in [-0.05, 0) is 64.5 Å². The van der Waals surface area contributed by atoms with Gasteiger partial charge in [0.2, 0.25) is 0 Å². The summed E-state index contributed by atoms with van der Waals surface area (Å²) in [5.74, 6) is 5.34. The van der Waals surface area contributed by atoms with Gasteiger partial charge in [0, 0.05) is 0 Å². The van der Waals surface area contributed by atoms with Crippen molar-refractivity contribution < 1.29 is 0 Å². The number of hydrogen-bond acceptors (Lipinski definition) is 0. The zero-order chi connectivity index (χ0) is 21.0. The molecule has 0 aromatic carbocycles. The molecule has 0 aromatic heterocycles. The monoisotopic (exact) mass is 422 g/mol. The van der Waals surface area contributed by atoms with Crippen molar-refractivity contribution in [2.45, 2.75) is 23.7 Å². The van der Waals surface area contributed by atoms with Gasteiger partial charge in [-0.3, -0.25) is 0 Å². The van der Waals surface area contributed by atoms with Gasteiger partial charge in [0.05, 0.1) is 8.07 Å². The number of rotatable bonds is 4. The Morgan fingerprint density at radius 3 is 1.03 bits per heavy atom. The third-order valence-corrected chi connectivity index (χ3v) is 15.3. The standard InChI is InChI=1S/C30H34Si/c1-3-20-31(2,29-25-16-8-4-12-21(25)22-13-5-9-17-26(22)29)30-27-18-10-6-14-23(27)24-15-7-11-19-28(24)30/h3-19,21-30H,1,20H2,2H3. The molecular formula is C30H34Si. The Hall–Kier alpha value is -2.12. The van der Waals surface area contributed by atoms with Crippen molar-refractivity contribution >= 4 is 8.07 Å². The molecule has 2 saturated carbocycles. The highest BCUT2D eigenvalue weighted by Gasteiger charge is 2.62. The first-order valence-corrected chi connectivity index (χ1v) is 15.1. The van der Waals surface area contributed by atoms with Crippen LogP contribution in [0.15, 0.2) is 110 Å². The van der Waals surface area contributed by atoms with Crippen molar-refractivity contribution in [3.63, 3.8) is 0 Å². The lowest BCUT2D eigenvalue weighted by atomic mass is 9.83. The highest BCUT2D eigenvalue weighted by Crippen LogP contribution is 2.67. The van der Waals surface area contributed by atoms with E-state index in [0.717, 1.165) is 11.1 Å². The number of allylic oxidation sites excluding steroid dienone is 17. The fraction of sp³-hybridized carbons (Fsp3) is 0.400. The molecular weight excluding hydrogens is 388 g/mol. The van der Waals surface area contributed by atoms with E-state index in [1.807, 2.05) is 0 Å². The maximum absolute atomic E-state index is 4.31. The molecule has 2 fully saturated rings. The highest BCUT2D eigenvalue weighted by atomic mass is 28.3. The zero-order valence-electron chi connectivity index (χ0n) is 18.5. The molecule has 0 aromatic rings. The van der Waals surface area contributed by atoms with Gasteiger partial charge in [-0.1, -0.05) is 110 Å². The summed E-state index contributed by atoms with van der Waals surface area (Å²) in [6.45, 7) is 7.07. The summed E-state index contributed by atoms with van der Waals surface area (Å²) in [4.78, 5) is 0. The quantitative estimate of drug-likeness (QED) is 0.326. The van der Waals surface area contributed by atoms with E-state index in [9.17, 15) is 0 Å². The van der Waals surface area contributed by atoms with Crippen LogP contribution in [-0.2, 0) is 0 Å². The first kappa shape index (κ1) is 19.6. The van der Waals surface area contributed by atoms with Crippen molar-refractivity contribution in [1.82, 2.24) is 0 Å². The summed E-state index contributed by atoms with van der Waals surface area (Å²) in [6.07, 6.45) is 41.1. The van der Waals surface area contributed by atoms with Crippen LogP contribution < -0.4 is 0 Å². The third-order valence-electron chi connectivity index (χ3n) is 9.54. The summed E-state index contributed by atoms with van der Waals surface area (Å²) in [5.41, 5.74) is 1.54. The molecule has 1 heteroatoms. The average Bonchev–Trinajstić information content (AvgIpc) is 3.33. The second-order valence-corrected chi connectivity index (χ2v) is 15.5. The van der Waals surface area contributed by atoms with Gasteiger partial charge in [0.25, 0.3) is 0 Å². The van der Waals surface area contributed by atoms with E-state index in [4.69, 9.17) is 0 Å². The summed E-state index contributed by atoms with van der Waals surface area (Å²) in [6, 6.07) is 1.23. The van der Waals surface area contributed by atoms with Crippen LogP contribution in [0.3, 0.4) is 0 Å². The van der Waals surface area contributed by atoms with Crippen LogP contribution >= 0.6 is 0 Å². The van der Waals surface area contributed by atoms with Crippen LogP contribution in [-0.4, -0.2) is 8.07 Å². The molecule has 0 saturated heterocycles. The van der Waals surface area contributed by atoms with Gasteiger partial charge in [-0.15, -0.1) is 6.58 Å². The minimum Gasteiger partial charge on any atom is -0.103 e. The van der Waals surface area contributed by atoms with Crippen molar-refractivity contribution in [3.8, 4) is 0 Å². The van der Waals surface area contributed by atoms with E-state index in [2.05, 4.69) is 116 Å². The van der Waals surface area contributed by atoms with Crippen LogP contribution in [0.4, 0.5) is 0 Å². The van der Waals surface area contributed by atoms with E-state index in [-0.39, 0.29) is 0 Å². The molecule has 0 aliphatic heterocycles. The van der Waals surface area contributed by atoms with Crippen LogP contribution in [0.1, 0.15) is 0 Å². The van der Waals surface area contributed by atoms with Gasteiger partial charge in [0.15, 0.2) is 0 Å². The van der Waals surface area contributed by atoms with Gasteiger partial charge in [-0.2, -0.15) is 0 Å². The zero-order valence-corrected chi connectivity index (χ0v) is 19.5. The predicted octanol–water partition coefficient (Wildman–Crippen LogP) is 7.45. The molecule has 6 rings (SSSR count). The summed E-state index contributed by atoms with van der Waals surface area (Å²) >= 11 is 0. The van der Waals surface area contributed by atoms with Gasteiger partial charge >= 0.3 is 0 Å². The minimum atomic E-state index is -1.77. The summed E-state index contributed by atoms with van der Waals surface area (Å²) in [7, 11) is -1.77. The molecule has 6 aliphatic rings. The lowest BCUT2D eigenvalue weighted by Gasteiger charge is -2.48. The van der Waals surface area contributed by atoms with Crippen molar-refractivity contribution in [3.05, 3.63) is 110 Å². The Morgan fingerprint density at radius 1 is 0.516 bits per heavy atom. The lowest BCUT2D eigenvalue weighted by molar-refractivity contribution is 0.461. The normalized spacial score (nSPS) is 47.0. The fourth-order valence-electron chi connectivity index (χ4n) is 8.62. The maximum Gasteiger partial charge on any atom is 0.0628 e. The first-order valence-electron chi connectivity index (χ1n) is 12.2. The van der Waals surface area contributed by atoms with Crippen molar-refractivity contribution in [1.29, 1.82) is 0 Å². The smallest absolute Gasteiger partial charge is 0.0628 e. The average molecular weight is 423 g/mol. The predicted molar refractivity (Wildman–Crippen MR) is 135 cm³/mol. The molecule has 31 heavy (non-hydrogen) atoms. The van der Waals surface area contributed by atoms with E-state index in [0.29, 0.717) is 47.3 Å². The molecule has 8 unspecified atom stereocenters. The molecule has 0 radical (unpaired) electrons. The molecule has 6 aliphatic carbocycles. The second kappa shape index (κ2) is 7.48. The van der Waals surface area contributed by atoms with Crippen LogP contribution in [0, 0.1) is 47.3 Å². The Bertz CT molecular complexity index is 842. The van der Waals surface area contributed by atoms with Crippen molar-refractivity contribution in [2.24, 2.45) is 47.3 Å². The van der Waals surface area contributed by atoms with Crippen LogP contribution in [0.5, 0.6) is 0 Å². The van der Waals surface area contributed by atoms with Gasteiger partial charge < -0.3 is 0 Å². The Balaban J connectivity index is 1.48. The molecule has 158 valence electrons. The Kier molecular flexibility index (Phi) is 4.72. The van der Waals surface area contributed by atoms with E-state index < -0.39 is 8.07 Å². The molecule has 0 bridgehead atoms. The first-order chi connectivity index (χ1) is 15.2. The van der Waals surface area contributed by atoms with E-state index in [1.165, 1.54) is 6.04 Å². The molecule has 0 N–H and O–H groups in total. The largest absolute Gasteiger partial charge is 0.103 e. The Morgan fingerprint density at radius 2 is 0.774 bits per heavy atom. The second-order valence-electron chi connectivity index (χ2n) is 10.7. The van der Waals surface area contributed by atoms with Gasteiger partial charge in [-0.25, -0.2) is 0 Å². The summed E-state index contributed by atoms with van der Waals surface area (Å²) < 4.78 is 0. The maximum atomic E-state index is 4.31. The minimum absolute atomic E-state index is 0.662. The molecule has 0 amide bonds. The van der Waals surface area contributed by atoms with Crippen molar-refractivity contribution in [2.75, 3.05) is 0 Å². The van der Waals surface area contributed by atoms with E-state index >= 15 is 0 Å². The lowest BCUT2D eigenvalue weighted by Crippen LogP contribution is -2.48. The summed E-state index contributed by atoms with van der Waals surface area (Å²) in [5, 5.41) is 0. The SMILES string of the molecule is C=CC[Si](C)(C1C2C=CC=CC2C2C=CC=CC21)C1C2C=CC=CC2C2C=CC=CC21. The van der Waals surface area contributed by atoms with Crippen LogP contribution in [0.25, 0.3) is 0 Å². The molecule has 0 nitrogen and oxygen atoms in total. The highest BCUT2D eigenvalue weighted by molar-refractivity contribution is 6.82. The fourth-order valence-corrected chi connectivity index (χ4v) is 15.1. The molecule has 0 spiro atoms. The Labute approximate surface area is 188 Å². The topological polar surface area (TPSA) is 0 Å². The van der Waals surface area contributed by atoms with E-state index in [1.54, 1.807) is 0 Å². The number of fused-ring (bicyclic) bond motifs is 6. The van der Waals surface area contributed by atoms with Gasteiger partial charge in [0.1, 0.15) is 0 Å². The number of hydrogen-bond donors (Lipinski definition) is 0. The van der Waals surface area contributed by atoms with Crippen LogP contribution in [0.2, 0.25) is 23.7 Å². The third kappa shape index (κ3) is 2.78. The molecule has 0 heterocycles.